The number of nitrogens with zero attached hydrogens (tertiary/aromatic N) is 1. The van der Waals surface area contributed by atoms with Crippen LogP contribution in [-0.2, 0) is 10.0 Å². The van der Waals surface area contributed by atoms with E-state index in [0.29, 0.717) is 6.42 Å². The molecule has 0 saturated carbocycles. The van der Waals surface area contributed by atoms with Crippen LogP contribution in [0.1, 0.15) is 17.5 Å². The molecule has 0 N–H and O–H groups in total. The van der Waals surface area contributed by atoms with Crippen LogP contribution in [0.3, 0.4) is 0 Å². The zero-order valence-electron chi connectivity index (χ0n) is 16.3. The maximum atomic E-state index is 13.0. The Hall–Kier alpha value is -2.47. The molecule has 0 spiro atoms. The number of sulfonamides is 1. The Morgan fingerprint density at radius 3 is 2.19 bits per heavy atom. The molecular weight excluding hydrogens is 370 g/mol. The first-order chi connectivity index (χ1) is 12.7. The predicted molar refractivity (Wildman–Crippen MR) is 114 cm³/mol. The van der Waals surface area contributed by atoms with E-state index in [1.54, 1.807) is 24.3 Å². The van der Waals surface area contributed by atoms with Gasteiger partial charge in [-0.05, 0) is 31.2 Å². The molecule has 0 heterocycles. The van der Waals surface area contributed by atoms with Gasteiger partial charge in [-0.1, -0.05) is 67.4 Å². The maximum absolute atomic E-state index is 13.0. The molecule has 0 bridgehead atoms. The lowest BCUT2D eigenvalue weighted by Crippen LogP contribution is -2.29. The zero-order valence-corrected chi connectivity index (χ0v) is 18.1. The van der Waals surface area contributed by atoms with Gasteiger partial charge in [0.05, 0.1) is 11.4 Å². The second-order valence-electron chi connectivity index (χ2n) is 7.29. The number of benzene rings is 2. The largest absolute Gasteiger partial charge is 0.270 e. The fourth-order valence-corrected chi connectivity index (χ4v) is 3.93. The molecule has 0 aromatic heterocycles. The van der Waals surface area contributed by atoms with Gasteiger partial charge in [0.25, 0.3) is 10.0 Å². The summed E-state index contributed by atoms with van der Waals surface area (Å²) in [5, 5.41) is 0. The Kier molecular flexibility index (Phi) is 6.90. The molecule has 0 saturated heterocycles. The van der Waals surface area contributed by atoms with E-state index in [9.17, 15) is 8.42 Å². The first kappa shape index (κ1) is 20.8. The van der Waals surface area contributed by atoms with Crippen molar-refractivity contribution in [1.82, 2.24) is 4.31 Å². The summed E-state index contributed by atoms with van der Waals surface area (Å²) in [7, 11) is -5.38. The molecule has 0 radical (unpaired) electrons. The minimum atomic E-state index is -3.67. The number of rotatable bonds is 4. The zero-order chi connectivity index (χ0) is 19.9. The van der Waals surface area contributed by atoms with E-state index in [0.717, 1.165) is 11.1 Å². The van der Waals surface area contributed by atoms with E-state index in [4.69, 9.17) is 0 Å². The molecule has 0 fully saturated rings. The van der Waals surface area contributed by atoms with Crippen LogP contribution in [0.5, 0.6) is 0 Å². The molecule has 0 amide bonds. The highest BCUT2D eigenvalue weighted by Gasteiger charge is 2.22. The van der Waals surface area contributed by atoms with Crippen LogP contribution < -0.4 is 0 Å². The molecular formula is C22H25NO2SSi. The van der Waals surface area contributed by atoms with E-state index in [-0.39, 0.29) is 11.4 Å². The molecule has 2 rings (SSSR count). The SMILES string of the molecule is Cc1ccc(S(=O)(=O)N(C#C[Si](C)(C)C)CCC#Cc2ccccc2)cc1. The lowest BCUT2D eigenvalue weighted by Gasteiger charge is -2.18. The molecule has 0 unspecified atom stereocenters. The molecule has 3 nitrogen and oxygen atoms in total. The third-order valence-corrected chi connectivity index (χ3v) is 6.19. The lowest BCUT2D eigenvalue weighted by molar-refractivity contribution is 0.516. The van der Waals surface area contributed by atoms with E-state index in [1.807, 2.05) is 37.3 Å². The Balaban J connectivity index is 2.24. The summed E-state index contributed by atoms with van der Waals surface area (Å²) in [5.41, 5.74) is 5.09. The predicted octanol–water partition coefficient (Wildman–Crippen LogP) is 4.27. The average Bonchev–Trinajstić information content (AvgIpc) is 2.61. The number of hydrogen-bond acceptors (Lipinski definition) is 2. The van der Waals surface area contributed by atoms with Crippen molar-refractivity contribution in [2.75, 3.05) is 6.54 Å². The number of aryl methyl sites for hydroxylation is 1. The van der Waals surface area contributed by atoms with Gasteiger partial charge in [0.2, 0.25) is 0 Å². The third-order valence-electron chi connectivity index (χ3n) is 3.61. The summed E-state index contributed by atoms with van der Waals surface area (Å²) in [6.07, 6.45) is 0.417. The van der Waals surface area contributed by atoms with Crippen molar-refractivity contribution in [1.29, 1.82) is 0 Å². The fraction of sp³-hybridized carbons (Fsp3) is 0.273. The standard InChI is InChI=1S/C22H25NO2SSi/c1-20-13-15-22(16-14-20)26(24,25)23(18-19-27(2,3)4)17-9-8-12-21-10-6-5-7-11-21/h5-7,10-11,13-16H,9,17H2,1-4H3. The highest BCUT2D eigenvalue weighted by atomic mass is 32.2. The fourth-order valence-electron chi connectivity index (χ4n) is 2.15. The highest BCUT2D eigenvalue weighted by Crippen LogP contribution is 2.16. The van der Waals surface area contributed by atoms with E-state index < -0.39 is 18.1 Å². The van der Waals surface area contributed by atoms with Gasteiger partial charge in [-0.3, -0.25) is 0 Å². The van der Waals surface area contributed by atoms with Crippen LogP contribution in [0.15, 0.2) is 59.5 Å². The van der Waals surface area contributed by atoms with Gasteiger partial charge in [0, 0.05) is 18.0 Å². The molecule has 0 atom stereocenters. The first-order valence-electron chi connectivity index (χ1n) is 8.85. The van der Waals surface area contributed by atoms with E-state index >= 15 is 0 Å². The van der Waals surface area contributed by atoms with Crippen LogP contribution in [0, 0.1) is 30.4 Å². The molecule has 2 aromatic carbocycles. The molecule has 27 heavy (non-hydrogen) atoms. The van der Waals surface area contributed by atoms with Gasteiger partial charge in [-0.2, -0.15) is 0 Å². The summed E-state index contributed by atoms with van der Waals surface area (Å²) in [6.45, 7) is 8.44. The monoisotopic (exact) mass is 395 g/mol. The van der Waals surface area contributed by atoms with Crippen molar-refractivity contribution in [2.45, 2.75) is 37.9 Å². The average molecular weight is 396 g/mol. The lowest BCUT2D eigenvalue weighted by atomic mass is 10.2. The highest BCUT2D eigenvalue weighted by molar-refractivity contribution is 7.89. The van der Waals surface area contributed by atoms with E-state index in [2.05, 4.69) is 43.1 Å². The third kappa shape index (κ3) is 6.64. The molecule has 2 aromatic rings. The van der Waals surface area contributed by atoms with Gasteiger partial charge in [-0.15, -0.1) is 5.54 Å². The molecule has 0 aliphatic rings. The smallest absolute Gasteiger partial charge is 0.224 e. The van der Waals surface area contributed by atoms with Crippen LogP contribution in [-0.4, -0.2) is 27.3 Å². The Labute approximate surface area is 164 Å². The van der Waals surface area contributed by atoms with Crippen LogP contribution in [0.4, 0.5) is 0 Å². The van der Waals surface area contributed by atoms with Crippen LogP contribution in [0.2, 0.25) is 19.6 Å². The topological polar surface area (TPSA) is 37.4 Å². The first-order valence-corrected chi connectivity index (χ1v) is 13.8. The van der Waals surface area contributed by atoms with E-state index in [1.165, 1.54) is 4.31 Å². The summed E-state index contributed by atoms with van der Waals surface area (Å²) in [5.74, 6) is 6.11. The van der Waals surface area contributed by atoms with Crippen LogP contribution in [0.25, 0.3) is 0 Å². The minimum Gasteiger partial charge on any atom is -0.224 e. The quantitative estimate of drug-likeness (QED) is 0.440. The molecule has 0 aliphatic carbocycles. The molecule has 0 aliphatic heterocycles. The maximum Gasteiger partial charge on any atom is 0.270 e. The van der Waals surface area contributed by atoms with Gasteiger partial charge < -0.3 is 0 Å². The summed E-state index contributed by atoms with van der Waals surface area (Å²) >= 11 is 0. The second-order valence-corrected chi connectivity index (χ2v) is 13.9. The molecule has 5 heteroatoms. The van der Waals surface area contributed by atoms with Gasteiger partial charge in [0.15, 0.2) is 0 Å². The van der Waals surface area contributed by atoms with Crippen molar-refractivity contribution >= 4 is 18.1 Å². The summed E-state index contributed by atoms with van der Waals surface area (Å²) in [6, 6.07) is 19.4. The summed E-state index contributed by atoms with van der Waals surface area (Å²) < 4.78 is 27.3. The Morgan fingerprint density at radius 2 is 1.59 bits per heavy atom. The number of hydrogen-bond donors (Lipinski definition) is 0. The van der Waals surface area contributed by atoms with Crippen molar-refractivity contribution in [3.8, 4) is 23.4 Å². The normalized spacial score (nSPS) is 11.0. The van der Waals surface area contributed by atoms with Crippen molar-refractivity contribution in [3.63, 3.8) is 0 Å². The van der Waals surface area contributed by atoms with Crippen molar-refractivity contribution in [2.24, 2.45) is 0 Å². The minimum absolute atomic E-state index is 0.244. The molecule has 140 valence electrons. The van der Waals surface area contributed by atoms with Crippen molar-refractivity contribution in [3.05, 3.63) is 65.7 Å². The van der Waals surface area contributed by atoms with Gasteiger partial charge in [0.1, 0.15) is 8.07 Å². The van der Waals surface area contributed by atoms with Gasteiger partial charge >= 0.3 is 0 Å². The Morgan fingerprint density at radius 1 is 0.963 bits per heavy atom. The second kappa shape index (κ2) is 8.95. The van der Waals surface area contributed by atoms with Crippen LogP contribution >= 0.6 is 0 Å². The van der Waals surface area contributed by atoms with Gasteiger partial charge in [-0.25, -0.2) is 12.7 Å². The Bertz CT molecular complexity index is 984. The summed E-state index contributed by atoms with van der Waals surface area (Å²) in [4.78, 5) is 0.258. The van der Waals surface area contributed by atoms with Crippen molar-refractivity contribution < 1.29 is 8.42 Å².